The topological polar surface area (TPSA) is 99.9 Å². The number of primary amides is 1. The minimum atomic E-state index is -0.706. The fourth-order valence-electron chi connectivity index (χ4n) is 2.24. The van der Waals surface area contributed by atoms with E-state index in [9.17, 15) is 9.59 Å². The molecule has 0 fully saturated rings. The van der Waals surface area contributed by atoms with Gasteiger partial charge in [0.25, 0.3) is 11.8 Å². The highest BCUT2D eigenvalue weighted by molar-refractivity contribution is 6.31. The monoisotopic (exact) mass is 364 g/mol. The molecule has 2 aromatic rings. The van der Waals surface area contributed by atoms with E-state index in [0.717, 1.165) is 0 Å². The highest BCUT2D eigenvalue weighted by Gasteiger charge is 2.18. The first-order chi connectivity index (χ1) is 11.9. The molecule has 132 valence electrons. The predicted molar refractivity (Wildman–Crippen MR) is 94.0 cm³/mol. The molecule has 25 heavy (non-hydrogen) atoms. The number of benzene rings is 2. The first-order valence-corrected chi connectivity index (χ1v) is 7.49. The molecule has 0 atom stereocenters. The number of nitrogens with one attached hydrogen (secondary N) is 1. The zero-order chi connectivity index (χ0) is 18.6. The van der Waals surface area contributed by atoms with Gasteiger partial charge in [0.15, 0.2) is 11.5 Å². The fourth-order valence-corrected chi connectivity index (χ4v) is 2.41. The van der Waals surface area contributed by atoms with Crippen molar-refractivity contribution in [2.75, 3.05) is 26.6 Å². The van der Waals surface area contributed by atoms with Crippen LogP contribution in [-0.2, 0) is 0 Å². The van der Waals surface area contributed by atoms with Crippen molar-refractivity contribution in [1.29, 1.82) is 0 Å². The molecule has 8 heteroatoms. The van der Waals surface area contributed by atoms with Crippen LogP contribution in [0.4, 0.5) is 5.69 Å². The molecule has 0 spiro atoms. The molecule has 0 heterocycles. The molecular weight excluding hydrogens is 348 g/mol. The van der Waals surface area contributed by atoms with E-state index >= 15 is 0 Å². The fraction of sp³-hybridized carbons (Fsp3) is 0.176. The van der Waals surface area contributed by atoms with Crippen molar-refractivity contribution in [2.24, 2.45) is 5.73 Å². The normalized spacial score (nSPS) is 10.1. The molecule has 0 aliphatic heterocycles. The van der Waals surface area contributed by atoms with E-state index in [-0.39, 0.29) is 16.8 Å². The lowest BCUT2D eigenvalue weighted by atomic mass is 10.1. The van der Waals surface area contributed by atoms with Crippen LogP contribution in [-0.4, -0.2) is 33.1 Å². The summed E-state index contributed by atoms with van der Waals surface area (Å²) in [5.74, 6) is -0.158. The van der Waals surface area contributed by atoms with Crippen molar-refractivity contribution in [2.45, 2.75) is 0 Å². The molecule has 0 aliphatic rings. The second-order valence-electron chi connectivity index (χ2n) is 4.92. The molecule has 7 nitrogen and oxygen atoms in total. The van der Waals surface area contributed by atoms with Gasteiger partial charge in [-0.1, -0.05) is 11.6 Å². The Balaban J connectivity index is 2.41. The molecule has 2 rings (SSSR count). The number of amides is 2. The van der Waals surface area contributed by atoms with Crippen molar-refractivity contribution in [3.8, 4) is 17.2 Å². The zero-order valence-corrected chi connectivity index (χ0v) is 14.6. The number of carbonyl (C=O) groups excluding carboxylic acids is 2. The molecule has 3 N–H and O–H groups in total. The van der Waals surface area contributed by atoms with Crippen LogP contribution in [0.15, 0.2) is 30.3 Å². The van der Waals surface area contributed by atoms with Gasteiger partial charge >= 0.3 is 0 Å². The van der Waals surface area contributed by atoms with Crippen LogP contribution in [0.3, 0.4) is 0 Å². The summed E-state index contributed by atoms with van der Waals surface area (Å²) in [6.45, 7) is 0. The van der Waals surface area contributed by atoms with Crippen molar-refractivity contribution in [3.05, 3.63) is 46.5 Å². The van der Waals surface area contributed by atoms with E-state index < -0.39 is 11.8 Å². The summed E-state index contributed by atoms with van der Waals surface area (Å²) in [5, 5.41) is 2.96. The highest BCUT2D eigenvalue weighted by atomic mass is 35.5. The summed E-state index contributed by atoms with van der Waals surface area (Å²) >= 11 is 5.86. The Labute approximate surface area is 149 Å². The minimum absolute atomic E-state index is 0.105. The Morgan fingerprint density at radius 2 is 1.60 bits per heavy atom. The lowest BCUT2D eigenvalue weighted by Crippen LogP contribution is -2.18. The van der Waals surface area contributed by atoms with Gasteiger partial charge < -0.3 is 25.3 Å². The van der Waals surface area contributed by atoms with Gasteiger partial charge in [-0.15, -0.1) is 0 Å². The van der Waals surface area contributed by atoms with Crippen LogP contribution in [0.5, 0.6) is 17.2 Å². The van der Waals surface area contributed by atoms with Crippen LogP contribution in [0.1, 0.15) is 20.7 Å². The molecule has 0 aliphatic carbocycles. The van der Waals surface area contributed by atoms with E-state index in [4.69, 9.17) is 31.5 Å². The van der Waals surface area contributed by atoms with Gasteiger partial charge in [0.05, 0.1) is 32.6 Å². The Hall–Kier alpha value is -2.93. The number of anilines is 1. The zero-order valence-electron chi connectivity index (χ0n) is 13.9. The van der Waals surface area contributed by atoms with E-state index in [2.05, 4.69) is 5.32 Å². The number of rotatable bonds is 6. The minimum Gasteiger partial charge on any atom is -0.493 e. The second-order valence-corrected chi connectivity index (χ2v) is 5.36. The standard InChI is InChI=1S/C17H17ClN2O5/c1-23-13-6-9(7-14(24-2)15(13)25-3)17(22)20-12-5-4-10(18)8-11(12)16(19)21/h4-8H,1-3H3,(H2,19,21)(H,20,22). The summed E-state index contributed by atoms with van der Waals surface area (Å²) in [6.07, 6.45) is 0. The Morgan fingerprint density at radius 1 is 1.00 bits per heavy atom. The highest BCUT2D eigenvalue weighted by Crippen LogP contribution is 2.38. The number of hydrogen-bond donors (Lipinski definition) is 2. The van der Waals surface area contributed by atoms with Crippen LogP contribution >= 0.6 is 11.6 Å². The Morgan fingerprint density at radius 3 is 2.08 bits per heavy atom. The Kier molecular flexibility index (Phi) is 5.71. The summed E-state index contributed by atoms with van der Waals surface area (Å²) in [5.41, 5.74) is 5.92. The maximum absolute atomic E-state index is 12.6. The van der Waals surface area contributed by atoms with E-state index in [1.807, 2.05) is 0 Å². The van der Waals surface area contributed by atoms with Crippen LogP contribution in [0.2, 0.25) is 5.02 Å². The molecule has 0 bridgehead atoms. The summed E-state index contributed by atoms with van der Waals surface area (Å²) < 4.78 is 15.7. The van der Waals surface area contributed by atoms with Crippen molar-refractivity contribution < 1.29 is 23.8 Å². The quantitative estimate of drug-likeness (QED) is 0.820. The molecule has 2 amide bonds. The predicted octanol–water partition coefficient (Wildman–Crippen LogP) is 2.72. The van der Waals surface area contributed by atoms with Gasteiger partial charge in [-0.05, 0) is 30.3 Å². The van der Waals surface area contributed by atoms with Crippen molar-refractivity contribution >= 4 is 29.1 Å². The Bertz CT molecular complexity index is 798. The lowest BCUT2D eigenvalue weighted by molar-refractivity contribution is 0.100. The smallest absolute Gasteiger partial charge is 0.255 e. The first-order valence-electron chi connectivity index (χ1n) is 7.12. The molecule has 0 aromatic heterocycles. The molecule has 0 saturated carbocycles. The van der Waals surface area contributed by atoms with Crippen LogP contribution in [0, 0.1) is 0 Å². The van der Waals surface area contributed by atoms with Gasteiger partial charge in [-0.2, -0.15) is 0 Å². The average molecular weight is 365 g/mol. The summed E-state index contributed by atoms with van der Waals surface area (Å²) in [7, 11) is 4.36. The van der Waals surface area contributed by atoms with E-state index in [0.29, 0.717) is 22.3 Å². The lowest BCUT2D eigenvalue weighted by Gasteiger charge is -2.14. The maximum atomic E-state index is 12.6. The number of halogens is 1. The number of carbonyl (C=O) groups is 2. The third-order valence-electron chi connectivity index (χ3n) is 3.42. The van der Waals surface area contributed by atoms with Gasteiger partial charge in [0.2, 0.25) is 5.75 Å². The SMILES string of the molecule is COc1cc(C(=O)Nc2ccc(Cl)cc2C(N)=O)cc(OC)c1OC. The van der Waals surface area contributed by atoms with Gasteiger partial charge in [-0.25, -0.2) is 0 Å². The molecule has 2 aromatic carbocycles. The number of methoxy groups -OCH3 is 3. The molecule has 0 radical (unpaired) electrons. The van der Waals surface area contributed by atoms with Crippen molar-refractivity contribution in [3.63, 3.8) is 0 Å². The largest absolute Gasteiger partial charge is 0.493 e. The number of nitrogens with two attached hydrogens (primary N) is 1. The maximum Gasteiger partial charge on any atom is 0.255 e. The third kappa shape index (κ3) is 3.95. The molecular formula is C17H17ClN2O5. The first kappa shape index (κ1) is 18.4. The van der Waals surface area contributed by atoms with Crippen molar-refractivity contribution in [1.82, 2.24) is 0 Å². The third-order valence-corrected chi connectivity index (χ3v) is 3.66. The van der Waals surface area contributed by atoms with E-state index in [1.165, 1.54) is 45.6 Å². The average Bonchev–Trinajstić information content (AvgIpc) is 2.61. The summed E-state index contributed by atoms with van der Waals surface area (Å²) in [4.78, 5) is 24.1. The van der Waals surface area contributed by atoms with Crippen LogP contribution in [0.25, 0.3) is 0 Å². The number of hydrogen-bond acceptors (Lipinski definition) is 5. The molecule has 0 saturated heterocycles. The second kappa shape index (κ2) is 7.76. The van der Waals surface area contributed by atoms with Gasteiger partial charge in [0, 0.05) is 10.6 Å². The molecule has 0 unspecified atom stereocenters. The van der Waals surface area contributed by atoms with E-state index in [1.54, 1.807) is 6.07 Å². The van der Waals surface area contributed by atoms with Crippen LogP contribution < -0.4 is 25.3 Å². The summed E-state index contributed by atoms with van der Waals surface area (Å²) in [6, 6.07) is 7.42. The van der Waals surface area contributed by atoms with Gasteiger partial charge in [-0.3, -0.25) is 9.59 Å². The van der Waals surface area contributed by atoms with Gasteiger partial charge in [0.1, 0.15) is 0 Å². The number of ether oxygens (including phenoxy) is 3.